The summed E-state index contributed by atoms with van der Waals surface area (Å²) in [6.45, 7) is 4.06. The van der Waals surface area contributed by atoms with E-state index in [9.17, 15) is 4.79 Å². The van der Waals surface area contributed by atoms with Gasteiger partial charge in [0.2, 0.25) is 5.91 Å². The summed E-state index contributed by atoms with van der Waals surface area (Å²) in [7, 11) is 0. The molecular weight excluding hydrogens is 307 g/mol. The van der Waals surface area contributed by atoms with E-state index in [2.05, 4.69) is 10.6 Å². The predicted molar refractivity (Wildman–Crippen MR) is 89.5 cm³/mol. The van der Waals surface area contributed by atoms with Crippen molar-refractivity contribution in [3.05, 3.63) is 57.6 Å². The zero-order valence-electron chi connectivity index (χ0n) is 11.8. The molecule has 0 aliphatic heterocycles. The van der Waals surface area contributed by atoms with Gasteiger partial charge < -0.3 is 10.6 Å². The van der Waals surface area contributed by atoms with Crippen molar-refractivity contribution in [3.8, 4) is 0 Å². The van der Waals surface area contributed by atoms with Crippen LogP contribution in [0, 0.1) is 13.8 Å². The Bertz CT molecular complexity index is 671. The molecule has 0 atom stereocenters. The number of anilines is 2. The molecule has 21 heavy (non-hydrogen) atoms. The third-order valence-electron chi connectivity index (χ3n) is 3.06. The number of rotatable bonds is 4. The molecule has 5 heteroatoms. The molecule has 0 aliphatic carbocycles. The van der Waals surface area contributed by atoms with Gasteiger partial charge in [-0.15, -0.1) is 0 Å². The van der Waals surface area contributed by atoms with E-state index in [0.717, 1.165) is 16.8 Å². The molecule has 0 unspecified atom stereocenters. The summed E-state index contributed by atoms with van der Waals surface area (Å²) in [5, 5.41) is 6.73. The number of hydrogen-bond donors (Lipinski definition) is 2. The minimum absolute atomic E-state index is 0.118. The molecule has 0 aromatic heterocycles. The number of amides is 1. The molecular formula is C16H16Cl2N2O. The fraction of sp³-hybridized carbons (Fsp3) is 0.188. The molecule has 0 aliphatic rings. The van der Waals surface area contributed by atoms with E-state index in [-0.39, 0.29) is 12.5 Å². The molecule has 110 valence electrons. The second-order valence-electron chi connectivity index (χ2n) is 4.82. The van der Waals surface area contributed by atoms with Crippen molar-refractivity contribution in [2.45, 2.75) is 13.8 Å². The van der Waals surface area contributed by atoms with E-state index >= 15 is 0 Å². The third-order valence-corrected chi connectivity index (χ3v) is 3.88. The summed E-state index contributed by atoms with van der Waals surface area (Å²) < 4.78 is 0. The molecule has 2 N–H and O–H groups in total. The van der Waals surface area contributed by atoms with Gasteiger partial charge in [0.15, 0.2) is 0 Å². The first-order valence-corrected chi connectivity index (χ1v) is 7.28. The van der Waals surface area contributed by atoms with Gasteiger partial charge in [0.1, 0.15) is 0 Å². The molecule has 2 aromatic carbocycles. The molecule has 0 radical (unpaired) electrons. The largest absolute Gasteiger partial charge is 0.375 e. The first-order chi connectivity index (χ1) is 9.97. The summed E-state index contributed by atoms with van der Waals surface area (Å²) in [6.07, 6.45) is 0. The maximum absolute atomic E-state index is 12.0. The molecule has 3 nitrogen and oxygen atoms in total. The van der Waals surface area contributed by atoms with Gasteiger partial charge >= 0.3 is 0 Å². The van der Waals surface area contributed by atoms with Gasteiger partial charge in [-0.05, 0) is 43.2 Å². The number of aryl methyl sites for hydroxylation is 2. The first-order valence-electron chi connectivity index (χ1n) is 6.52. The van der Waals surface area contributed by atoms with Gasteiger partial charge in [-0.25, -0.2) is 0 Å². The molecule has 0 fully saturated rings. The number of carbonyl (C=O) groups is 1. The Morgan fingerprint density at radius 3 is 2.62 bits per heavy atom. The van der Waals surface area contributed by atoms with Crippen molar-refractivity contribution in [2.75, 3.05) is 17.2 Å². The molecule has 2 aromatic rings. The average molecular weight is 323 g/mol. The summed E-state index contributed by atoms with van der Waals surface area (Å²) in [5.41, 5.74) is 3.58. The molecule has 2 rings (SSSR count). The number of nitrogens with one attached hydrogen (secondary N) is 2. The van der Waals surface area contributed by atoms with Crippen LogP contribution < -0.4 is 10.6 Å². The fourth-order valence-corrected chi connectivity index (χ4v) is 2.25. The molecule has 1 amide bonds. The summed E-state index contributed by atoms with van der Waals surface area (Å²) in [5.74, 6) is -0.139. The summed E-state index contributed by atoms with van der Waals surface area (Å²) >= 11 is 12.0. The first kappa shape index (κ1) is 15.7. The lowest BCUT2D eigenvalue weighted by Crippen LogP contribution is -2.22. The van der Waals surface area contributed by atoms with E-state index in [1.807, 2.05) is 32.0 Å². The van der Waals surface area contributed by atoms with E-state index in [1.54, 1.807) is 18.2 Å². The number of hydrogen-bond acceptors (Lipinski definition) is 2. The maximum Gasteiger partial charge on any atom is 0.243 e. The van der Waals surface area contributed by atoms with Crippen LogP contribution in [0.1, 0.15) is 11.1 Å². The third kappa shape index (κ3) is 4.13. The lowest BCUT2D eigenvalue weighted by molar-refractivity contribution is -0.114. The number of carbonyl (C=O) groups excluding carboxylic acids is 1. The van der Waals surface area contributed by atoms with Crippen LogP contribution in [-0.4, -0.2) is 12.5 Å². The van der Waals surface area contributed by atoms with Crippen molar-refractivity contribution in [3.63, 3.8) is 0 Å². The quantitative estimate of drug-likeness (QED) is 0.859. The number of benzene rings is 2. The molecule has 0 saturated heterocycles. The van der Waals surface area contributed by atoms with Gasteiger partial charge in [-0.1, -0.05) is 41.4 Å². The minimum atomic E-state index is -0.139. The highest BCUT2D eigenvalue weighted by Gasteiger charge is 2.08. The van der Waals surface area contributed by atoms with Gasteiger partial charge in [0.25, 0.3) is 0 Å². The normalized spacial score (nSPS) is 10.3. The van der Waals surface area contributed by atoms with Crippen molar-refractivity contribution in [1.82, 2.24) is 0 Å². The molecule has 0 heterocycles. The molecule has 0 bridgehead atoms. The Balaban J connectivity index is 1.99. The Morgan fingerprint density at radius 2 is 1.86 bits per heavy atom. The van der Waals surface area contributed by atoms with E-state index < -0.39 is 0 Å². The van der Waals surface area contributed by atoms with Gasteiger partial charge in [0, 0.05) is 5.69 Å². The van der Waals surface area contributed by atoms with Crippen molar-refractivity contribution >= 4 is 40.5 Å². The maximum atomic E-state index is 12.0. The van der Waals surface area contributed by atoms with E-state index in [1.165, 1.54) is 0 Å². The minimum Gasteiger partial charge on any atom is -0.375 e. The average Bonchev–Trinajstić information content (AvgIpc) is 2.44. The fourth-order valence-electron chi connectivity index (χ4n) is 1.88. The summed E-state index contributed by atoms with van der Waals surface area (Å²) in [4.78, 5) is 12.0. The van der Waals surface area contributed by atoms with Crippen LogP contribution in [-0.2, 0) is 4.79 Å². The van der Waals surface area contributed by atoms with Gasteiger partial charge in [0.05, 0.1) is 22.3 Å². The predicted octanol–water partition coefficient (Wildman–Crippen LogP) is 4.66. The van der Waals surface area contributed by atoms with E-state index in [4.69, 9.17) is 23.2 Å². The van der Waals surface area contributed by atoms with Crippen LogP contribution in [0.4, 0.5) is 11.4 Å². The Hall–Kier alpha value is -1.71. The SMILES string of the molecule is Cc1ccc(C)c(NC(=O)CNc2cccc(Cl)c2Cl)c1. The zero-order valence-corrected chi connectivity index (χ0v) is 13.3. The van der Waals surface area contributed by atoms with Gasteiger partial charge in [-0.2, -0.15) is 0 Å². The Morgan fingerprint density at radius 1 is 1.10 bits per heavy atom. The van der Waals surface area contributed by atoms with Crippen LogP contribution in [0.5, 0.6) is 0 Å². The number of halogens is 2. The zero-order chi connectivity index (χ0) is 15.4. The second-order valence-corrected chi connectivity index (χ2v) is 5.61. The monoisotopic (exact) mass is 322 g/mol. The van der Waals surface area contributed by atoms with Crippen molar-refractivity contribution < 1.29 is 4.79 Å². The highest BCUT2D eigenvalue weighted by atomic mass is 35.5. The van der Waals surface area contributed by atoms with Crippen molar-refractivity contribution in [2.24, 2.45) is 0 Å². The van der Waals surface area contributed by atoms with Gasteiger partial charge in [-0.3, -0.25) is 4.79 Å². The van der Waals surface area contributed by atoms with Crippen LogP contribution >= 0.6 is 23.2 Å². The van der Waals surface area contributed by atoms with Crippen LogP contribution in [0.3, 0.4) is 0 Å². The Kier molecular flexibility index (Phi) is 5.10. The van der Waals surface area contributed by atoms with Crippen molar-refractivity contribution in [1.29, 1.82) is 0 Å². The highest BCUT2D eigenvalue weighted by molar-refractivity contribution is 6.43. The standard InChI is InChI=1S/C16H16Cl2N2O/c1-10-6-7-11(2)14(8-10)20-15(21)9-19-13-5-3-4-12(17)16(13)18/h3-8,19H,9H2,1-2H3,(H,20,21). The Labute approximate surface area is 134 Å². The highest BCUT2D eigenvalue weighted by Crippen LogP contribution is 2.29. The van der Waals surface area contributed by atoms with Crippen LogP contribution in [0.25, 0.3) is 0 Å². The molecule has 0 spiro atoms. The smallest absolute Gasteiger partial charge is 0.243 e. The van der Waals surface area contributed by atoms with Crippen LogP contribution in [0.15, 0.2) is 36.4 Å². The lowest BCUT2D eigenvalue weighted by atomic mass is 10.1. The van der Waals surface area contributed by atoms with E-state index in [0.29, 0.717) is 15.7 Å². The molecule has 0 saturated carbocycles. The summed E-state index contributed by atoms with van der Waals surface area (Å²) in [6, 6.07) is 11.2. The second kappa shape index (κ2) is 6.83. The lowest BCUT2D eigenvalue weighted by Gasteiger charge is -2.11. The van der Waals surface area contributed by atoms with Crippen LogP contribution in [0.2, 0.25) is 10.0 Å². The topological polar surface area (TPSA) is 41.1 Å².